The van der Waals surface area contributed by atoms with Gasteiger partial charge in [-0.1, -0.05) is 11.6 Å². The molecule has 6 nitrogen and oxygen atoms in total. The van der Waals surface area contributed by atoms with E-state index in [9.17, 15) is 0 Å². The molecular formula is C20H20ClN3O3. The molecule has 0 bridgehead atoms. The quantitative estimate of drug-likeness (QED) is 0.672. The largest absolute Gasteiger partial charge is 0.493 e. The summed E-state index contributed by atoms with van der Waals surface area (Å²) in [4.78, 5) is 9.26. The number of methoxy groups -OCH3 is 3. The van der Waals surface area contributed by atoms with Crippen LogP contribution in [-0.4, -0.2) is 38.3 Å². The number of ether oxygens (including phenoxy) is 3. The maximum atomic E-state index is 5.99. The molecule has 1 N–H and O–H groups in total. The summed E-state index contributed by atoms with van der Waals surface area (Å²) in [6.07, 6.45) is 0. The first-order valence-electron chi connectivity index (χ1n) is 8.22. The number of nitrogens with one attached hydrogen (secondary N) is 1. The van der Waals surface area contributed by atoms with Gasteiger partial charge in [-0.3, -0.25) is 0 Å². The first kappa shape index (κ1) is 18.8. The number of benzene rings is 2. The Hall–Kier alpha value is -2.99. The van der Waals surface area contributed by atoms with Gasteiger partial charge in [-0.25, -0.2) is 9.97 Å². The van der Waals surface area contributed by atoms with E-state index in [4.69, 9.17) is 30.8 Å². The van der Waals surface area contributed by atoms with Crippen LogP contribution in [0.25, 0.3) is 22.6 Å². The van der Waals surface area contributed by atoms with Crippen LogP contribution in [0.3, 0.4) is 0 Å². The highest BCUT2D eigenvalue weighted by Crippen LogP contribution is 2.41. The number of hydrogen-bond acceptors (Lipinski definition) is 6. The monoisotopic (exact) mass is 385 g/mol. The van der Waals surface area contributed by atoms with Gasteiger partial charge in [0.15, 0.2) is 17.3 Å². The number of rotatable bonds is 6. The molecular weight excluding hydrogens is 366 g/mol. The molecule has 0 amide bonds. The summed E-state index contributed by atoms with van der Waals surface area (Å²) >= 11 is 5.99. The van der Waals surface area contributed by atoms with Gasteiger partial charge in [-0.05, 0) is 36.4 Å². The van der Waals surface area contributed by atoms with E-state index in [0.29, 0.717) is 33.9 Å². The molecule has 0 unspecified atom stereocenters. The Morgan fingerprint density at radius 1 is 0.815 bits per heavy atom. The van der Waals surface area contributed by atoms with Crippen molar-refractivity contribution in [3.63, 3.8) is 0 Å². The van der Waals surface area contributed by atoms with E-state index in [0.717, 1.165) is 16.8 Å². The van der Waals surface area contributed by atoms with E-state index in [1.165, 1.54) is 0 Å². The van der Waals surface area contributed by atoms with Gasteiger partial charge in [0, 0.05) is 29.3 Å². The van der Waals surface area contributed by atoms with E-state index in [1.807, 2.05) is 49.5 Å². The molecule has 0 aliphatic heterocycles. The molecule has 0 spiro atoms. The Labute approximate surface area is 163 Å². The smallest absolute Gasteiger partial charge is 0.203 e. The van der Waals surface area contributed by atoms with Crippen LogP contribution in [0.4, 0.5) is 5.82 Å². The molecule has 0 fully saturated rings. The second-order valence-electron chi connectivity index (χ2n) is 5.63. The number of nitrogens with zero attached hydrogens (tertiary/aromatic N) is 2. The Bertz CT molecular complexity index is 921. The molecule has 3 rings (SSSR count). The molecule has 140 valence electrons. The lowest BCUT2D eigenvalue weighted by molar-refractivity contribution is 0.324. The number of aromatic nitrogens is 2. The van der Waals surface area contributed by atoms with Crippen LogP contribution < -0.4 is 19.5 Å². The molecule has 0 aliphatic rings. The summed E-state index contributed by atoms with van der Waals surface area (Å²) in [5.74, 6) is 2.93. The van der Waals surface area contributed by atoms with Crippen molar-refractivity contribution in [2.45, 2.75) is 0 Å². The van der Waals surface area contributed by atoms with Crippen LogP contribution in [0.2, 0.25) is 5.02 Å². The Morgan fingerprint density at radius 3 is 1.96 bits per heavy atom. The van der Waals surface area contributed by atoms with Crippen molar-refractivity contribution >= 4 is 17.4 Å². The standard InChI is InChI=1S/C20H20ClN3O3/c1-22-18-11-15(23-20(24-18)12-5-7-14(21)8-6-12)13-9-16(25-2)19(27-4)17(10-13)26-3/h5-11H,1-4H3,(H,22,23,24). The van der Waals surface area contributed by atoms with Gasteiger partial charge < -0.3 is 19.5 Å². The molecule has 27 heavy (non-hydrogen) atoms. The topological polar surface area (TPSA) is 65.5 Å². The Balaban J connectivity index is 2.16. The molecule has 3 aromatic rings. The van der Waals surface area contributed by atoms with Crippen molar-refractivity contribution in [2.24, 2.45) is 0 Å². The third-order valence-electron chi connectivity index (χ3n) is 4.05. The zero-order valence-corrected chi connectivity index (χ0v) is 16.3. The summed E-state index contributed by atoms with van der Waals surface area (Å²) in [5.41, 5.74) is 2.40. The van der Waals surface area contributed by atoms with Crippen LogP contribution in [0, 0.1) is 0 Å². The summed E-state index contributed by atoms with van der Waals surface area (Å²) in [6.45, 7) is 0. The fourth-order valence-electron chi connectivity index (χ4n) is 2.68. The van der Waals surface area contributed by atoms with Crippen molar-refractivity contribution in [2.75, 3.05) is 33.7 Å². The summed E-state index contributed by atoms with van der Waals surface area (Å²) < 4.78 is 16.3. The van der Waals surface area contributed by atoms with E-state index in [-0.39, 0.29) is 0 Å². The van der Waals surface area contributed by atoms with Crippen molar-refractivity contribution in [1.29, 1.82) is 0 Å². The first-order valence-corrected chi connectivity index (χ1v) is 8.60. The molecule has 7 heteroatoms. The van der Waals surface area contributed by atoms with Crippen LogP contribution >= 0.6 is 11.6 Å². The van der Waals surface area contributed by atoms with Gasteiger partial charge in [0.05, 0.1) is 27.0 Å². The highest BCUT2D eigenvalue weighted by Gasteiger charge is 2.16. The summed E-state index contributed by atoms with van der Waals surface area (Å²) in [7, 11) is 6.55. The molecule has 2 aromatic carbocycles. The average molecular weight is 386 g/mol. The maximum Gasteiger partial charge on any atom is 0.203 e. The summed E-state index contributed by atoms with van der Waals surface area (Å²) in [5, 5.41) is 3.73. The van der Waals surface area contributed by atoms with E-state index < -0.39 is 0 Å². The Kier molecular flexibility index (Phi) is 5.66. The molecule has 1 heterocycles. The number of halogens is 1. The van der Waals surface area contributed by atoms with Gasteiger partial charge in [-0.2, -0.15) is 0 Å². The molecule has 1 aromatic heterocycles. The normalized spacial score (nSPS) is 10.4. The predicted molar refractivity (Wildman–Crippen MR) is 107 cm³/mol. The highest BCUT2D eigenvalue weighted by molar-refractivity contribution is 6.30. The third kappa shape index (κ3) is 3.90. The minimum absolute atomic E-state index is 0.532. The zero-order valence-electron chi connectivity index (χ0n) is 15.5. The molecule has 0 saturated carbocycles. The van der Waals surface area contributed by atoms with Gasteiger partial charge in [0.2, 0.25) is 5.75 Å². The first-order chi connectivity index (χ1) is 13.1. The third-order valence-corrected chi connectivity index (χ3v) is 4.30. The lowest BCUT2D eigenvalue weighted by Crippen LogP contribution is -2.00. The number of anilines is 1. The van der Waals surface area contributed by atoms with Crippen LogP contribution in [0.15, 0.2) is 42.5 Å². The number of hydrogen-bond donors (Lipinski definition) is 1. The lowest BCUT2D eigenvalue weighted by Gasteiger charge is -2.15. The van der Waals surface area contributed by atoms with Crippen molar-refractivity contribution in [1.82, 2.24) is 9.97 Å². The lowest BCUT2D eigenvalue weighted by atomic mass is 10.1. The van der Waals surface area contributed by atoms with Crippen LogP contribution in [0.1, 0.15) is 0 Å². The fraction of sp³-hybridized carbons (Fsp3) is 0.200. The van der Waals surface area contributed by atoms with E-state index in [2.05, 4.69) is 10.3 Å². The second-order valence-corrected chi connectivity index (χ2v) is 6.07. The maximum absolute atomic E-state index is 5.99. The zero-order chi connectivity index (χ0) is 19.4. The minimum Gasteiger partial charge on any atom is -0.493 e. The summed E-state index contributed by atoms with van der Waals surface area (Å²) in [6, 6.07) is 13.0. The van der Waals surface area contributed by atoms with E-state index >= 15 is 0 Å². The van der Waals surface area contributed by atoms with Crippen molar-refractivity contribution < 1.29 is 14.2 Å². The second kappa shape index (κ2) is 8.14. The van der Waals surface area contributed by atoms with Crippen LogP contribution in [-0.2, 0) is 0 Å². The molecule has 0 aliphatic carbocycles. The minimum atomic E-state index is 0.532. The van der Waals surface area contributed by atoms with Crippen LogP contribution in [0.5, 0.6) is 17.2 Å². The predicted octanol–water partition coefficient (Wildman–Crippen LogP) is 4.53. The SMILES string of the molecule is CNc1cc(-c2cc(OC)c(OC)c(OC)c2)nc(-c2ccc(Cl)cc2)n1. The molecule has 0 radical (unpaired) electrons. The highest BCUT2D eigenvalue weighted by atomic mass is 35.5. The van der Waals surface area contributed by atoms with Gasteiger partial charge in [-0.15, -0.1) is 0 Å². The van der Waals surface area contributed by atoms with Gasteiger partial charge >= 0.3 is 0 Å². The molecule has 0 atom stereocenters. The van der Waals surface area contributed by atoms with Gasteiger partial charge in [0.25, 0.3) is 0 Å². The molecule has 0 saturated heterocycles. The van der Waals surface area contributed by atoms with Crippen molar-refractivity contribution in [3.8, 4) is 39.9 Å². The van der Waals surface area contributed by atoms with E-state index in [1.54, 1.807) is 21.3 Å². The fourth-order valence-corrected chi connectivity index (χ4v) is 2.81. The van der Waals surface area contributed by atoms with Gasteiger partial charge in [0.1, 0.15) is 5.82 Å². The van der Waals surface area contributed by atoms with Crippen molar-refractivity contribution in [3.05, 3.63) is 47.5 Å². The average Bonchev–Trinajstić information content (AvgIpc) is 2.72. The Morgan fingerprint density at radius 2 is 1.44 bits per heavy atom.